The molecule has 0 amide bonds. The van der Waals surface area contributed by atoms with E-state index in [0.717, 1.165) is 44.9 Å². The molecule has 0 aliphatic carbocycles. The van der Waals surface area contributed by atoms with Gasteiger partial charge in [-0.25, -0.2) is 4.57 Å². The number of unbranched alkanes of at least 4 members (excludes halogenated alkanes) is 6. The standard InChI is InChI=1S/C25H48NO8P/c1-6-8-10-11-12-13-14-15-16-18-25(28)34-23(21-31-24(27)17-9-7-2)22-33-35(29,30)32-20-19-26(3,4)5/h8,10,23H,6-7,9,11-22H2,1-5H3/p+1/b10-8-/t23-/m0/s1. The van der Waals surface area contributed by atoms with Gasteiger partial charge in [0.15, 0.2) is 6.10 Å². The Bertz CT molecular complexity index is 648. The predicted molar refractivity (Wildman–Crippen MR) is 137 cm³/mol. The first kappa shape index (κ1) is 33.8. The number of hydrogen-bond donors (Lipinski definition) is 1. The Morgan fingerprint density at radius 1 is 0.886 bits per heavy atom. The molecule has 0 aliphatic rings. The van der Waals surface area contributed by atoms with Crippen molar-refractivity contribution in [2.24, 2.45) is 0 Å². The topological polar surface area (TPSA) is 108 Å². The number of esters is 2. The van der Waals surface area contributed by atoms with E-state index in [1.165, 1.54) is 0 Å². The molecule has 2 atom stereocenters. The lowest BCUT2D eigenvalue weighted by Crippen LogP contribution is -2.37. The van der Waals surface area contributed by atoms with Crippen LogP contribution in [0.5, 0.6) is 0 Å². The van der Waals surface area contributed by atoms with Crippen molar-refractivity contribution in [1.82, 2.24) is 0 Å². The second-order valence-corrected chi connectivity index (χ2v) is 11.1. The number of phosphoric ester groups is 1. The molecule has 0 bridgehead atoms. The summed E-state index contributed by atoms with van der Waals surface area (Å²) in [5, 5.41) is 0. The van der Waals surface area contributed by atoms with Gasteiger partial charge in [0.2, 0.25) is 0 Å². The van der Waals surface area contributed by atoms with Gasteiger partial charge in [-0.1, -0.05) is 51.7 Å². The van der Waals surface area contributed by atoms with Crippen LogP contribution < -0.4 is 0 Å². The minimum Gasteiger partial charge on any atom is -0.462 e. The summed E-state index contributed by atoms with van der Waals surface area (Å²) in [6.07, 6.45) is 12.5. The maximum Gasteiger partial charge on any atom is 0.472 e. The number of phosphoric acid groups is 1. The van der Waals surface area contributed by atoms with Gasteiger partial charge in [-0.2, -0.15) is 0 Å². The van der Waals surface area contributed by atoms with Crippen molar-refractivity contribution in [2.45, 2.75) is 90.6 Å². The maximum atomic E-state index is 12.3. The van der Waals surface area contributed by atoms with Gasteiger partial charge in [0.05, 0.1) is 27.7 Å². The van der Waals surface area contributed by atoms with Crippen LogP contribution >= 0.6 is 7.82 Å². The lowest BCUT2D eigenvalue weighted by Gasteiger charge is -2.24. The molecule has 0 heterocycles. The van der Waals surface area contributed by atoms with Gasteiger partial charge in [-0.3, -0.25) is 18.6 Å². The zero-order valence-corrected chi connectivity index (χ0v) is 23.4. The van der Waals surface area contributed by atoms with Crippen LogP contribution in [0.3, 0.4) is 0 Å². The SMILES string of the molecule is CC/C=C\CCCCCCCC(=O)O[C@@H](COC(=O)CCCC)COP(=O)(O)OCC[N+](C)(C)C. The van der Waals surface area contributed by atoms with Crippen LogP contribution in [0.1, 0.15) is 84.5 Å². The fourth-order valence-electron chi connectivity index (χ4n) is 2.93. The third-order valence-electron chi connectivity index (χ3n) is 5.06. The fourth-order valence-corrected chi connectivity index (χ4v) is 3.67. The van der Waals surface area contributed by atoms with Crippen molar-refractivity contribution in [3.63, 3.8) is 0 Å². The second kappa shape index (κ2) is 19.9. The zero-order valence-electron chi connectivity index (χ0n) is 22.5. The average molecular weight is 523 g/mol. The van der Waals surface area contributed by atoms with Crippen LogP contribution in [-0.4, -0.2) is 74.9 Å². The fraction of sp³-hybridized carbons (Fsp3) is 0.840. The summed E-state index contributed by atoms with van der Waals surface area (Å²) in [7, 11) is 1.46. The minimum absolute atomic E-state index is 0.0304. The largest absolute Gasteiger partial charge is 0.472 e. The van der Waals surface area contributed by atoms with Crippen LogP contribution in [0.25, 0.3) is 0 Å². The Hall–Kier alpha value is -1.25. The molecule has 1 N–H and O–H groups in total. The highest BCUT2D eigenvalue weighted by molar-refractivity contribution is 7.47. The Morgan fingerprint density at radius 3 is 2.20 bits per heavy atom. The van der Waals surface area contributed by atoms with Gasteiger partial charge in [0.1, 0.15) is 19.8 Å². The summed E-state index contributed by atoms with van der Waals surface area (Å²) in [6, 6.07) is 0. The van der Waals surface area contributed by atoms with Crippen molar-refractivity contribution in [1.29, 1.82) is 0 Å². The Labute approximate surface area is 212 Å². The molecule has 9 nitrogen and oxygen atoms in total. The molecule has 206 valence electrons. The number of hydrogen-bond acceptors (Lipinski definition) is 7. The van der Waals surface area contributed by atoms with E-state index in [-0.39, 0.29) is 26.1 Å². The van der Waals surface area contributed by atoms with Gasteiger partial charge < -0.3 is 18.9 Å². The molecular formula is C25H49NO8P+. The molecule has 10 heteroatoms. The van der Waals surface area contributed by atoms with Gasteiger partial charge in [-0.15, -0.1) is 0 Å². The molecule has 0 aliphatic heterocycles. The normalized spacial score (nSPS) is 14.6. The molecule has 0 aromatic carbocycles. The summed E-state index contributed by atoms with van der Waals surface area (Å²) in [5.41, 5.74) is 0. The van der Waals surface area contributed by atoms with E-state index >= 15 is 0 Å². The average Bonchev–Trinajstić information content (AvgIpc) is 2.77. The van der Waals surface area contributed by atoms with Gasteiger partial charge >= 0.3 is 19.8 Å². The summed E-state index contributed by atoms with van der Waals surface area (Å²) in [6.45, 7) is 3.98. The van der Waals surface area contributed by atoms with Crippen molar-refractivity contribution in [2.75, 3.05) is 47.5 Å². The lowest BCUT2D eigenvalue weighted by atomic mass is 10.1. The maximum absolute atomic E-state index is 12.3. The van der Waals surface area contributed by atoms with E-state index in [1.807, 2.05) is 28.1 Å². The number of allylic oxidation sites excluding steroid dienone is 2. The summed E-state index contributed by atoms with van der Waals surface area (Å²) in [4.78, 5) is 34.1. The number of rotatable bonds is 22. The monoisotopic (exact) mass is 522 g/mol. The molecule has 0 saturated heterocycles. The molecule has 0 rings (SSSR count). The molecule has 35 heavy (non-hydrogen) atoms. The van der Waals surface area contributed by atoms with Crippen LogP contribution in [0.4, 0.5) is 0 Å². The van der Waals surface area contributed by atoms with Gasteiger partial charge in [0.25, 0.3) is 0 Å². The first-order valence-electron chi connectivity index (χ1n) is 12.9. The number of quaternary nitrogens is 1. The molecule has 1 unspecified atom stereocenters. The number of ether oxygens (including phenoxy) is 2. The van der Waals surface area contributed by atoms with Crippen LogP contribution in [0.2, 0.25) is 0 Å². The number of carbonyl (C=O) groups excluding carboxylic acids is 2. The molecule has 0 spiro atoms. The highest BCUT2D eigenvalue weighted by atomic mass is 31.2. The summed E-state index contributed by atoms with van der Waals surface area (Å²) < 4.78 is 33.3. The number of likely N-dealkylation sites (N-methyl/N-ethyl adjacent to an activating group) is 1. The predicted octanol–water partition coefficient (Wildman–Crippen LogP) is 5.17. The molecule has 0 fully saturated rings. The van der Waals surface area contributed by atoms with E-state index in [9.17, 15) is 19.0 Å². The highest BCUT2D eigenvalue weighted by Gasteiger charge is 2.26. The first-order valence-corrected chi connectivity index (χ1v) is 14.4. The second-order valence-electron chi connectivity index (χ2n) is 9.70. The molecular weight excluding hydrogens is 473 g/mol. The van der Waals surface area contributed by atoms with Crippen molar-refractivity contribution in [3.8, 4) is 0 Å². The molecule has 0 aromatic heterocycles. The van der Waals surface area contributed by atoms with Crippen molar-refractivity contribution >= 4 is 19.8 Å². The quantitative estimate of drug-likeness (QED) is 0.0682. The first-order chi connectivity index (χ1) is 16.5. The minimum atomic E-state index is -4.33. The Morgan fingerprint density at radius 2 is 1.54 bits per heavy atom. The van der Waals surface area contributed by atoms with E-state index in [0.29, 0.717) is 23.9 Å². The van der Waals surface area contributed by atoms with Crippen LogP contribution in [0.15, 0.2) is 12.2 Å². The van der Waals surface area contributed by atoms with Crippen LogP contribution in [0, 0.1) is 0 Å². The van der Waals surface area contributed by atoms with Gasteiger partial charge in [0, 0.05) is 12.8 Å². The molecule has 0 aromatic rings. The lowest BCUT2D eigenvalue weighted by molar-refractivity contribution is -0.870. The highest BCUT2D eigenvalue weighted by Crippen LogP contribution is 2.43. The smallest absolute Gasteiger partial charge is 0.462 e. The number of carbonyl (C=O) groups is 2. The van der Waals surface area contributed by atoms with Crippen molar-refractivity contribution in [3.05, 3.63) is 12.2 Å². The number of nitrogens with zero attached hydrogens (tertiary/aromatic N) is 1. The van der Waals surface area contributed by atoms with E-state index in [4.69, 9.17) is 18.5 Å². The Balaban J connectivity index is 4.52. The van der Waals surface area contributed by atoms with Gasteiger partial charge in [-0.05, 0) is 32.1 Å². The summed E-state index contributed by atoms with van der Waals surface area (Å²) in [5.74, 6) is -0.860. The molecule has 0 radical (unpaired) electrons. The van der Waals surface area contributed by atoms with E-state index in [2.05, 4.69) is 19.1 Å². The Kier molecular flexibility index (Phi) is 19.2. The molecule has 0 saturated carbocycles. The van der Waals surface area contributed by atoms with E-state index in [1.54, 1.807) is 0 Å². The van der Waals surface area contributed by atoms with Crippen molar-refractivity contribution < 1.29 is 42.1 Å². The third kappa shape index (κ3) is 22.9. The zero-order chi connectivity index (χ0) is 26.6. The third-order valence-corrected chi connectivity index (χ3v) is 6.04. The summed E-state index contributed by atoms with van der Waals surface area (Å²) >= 11 is 0. The van der Waals surface area contributed by atoms with Crippen LogP contribution in [-0.2, 0) is 32.7 Å². The van der Waals surface area contributed by atoms with E-state index < -0.39 is 32.5 Å².